The molecule has 0 unspecified atom stereocenters. The monoisotopic (exact) mass is 254 g/mol. The molecule has 0 aromatic carbocycles. The molecule has 0 aromatic rings. The molecule has 0 aliphatic carbocycles. The van der Waals surface area contributed by atoms with E-state index in [1.54, 1.807) is 0 Å². The molecule has 58 valence electrons. The second kappa shape index (κ2) is 4.12. The van der Waals surface area contributed by atoms with Gasteiger partial charge in [0, 0.05) is 24.1 Å². The summed E-state index contributed by atoms with van der Waals surface area (Å²) in [5.41, 5.74) is 0. The highest BCUT2D eigenvalue weighted by molar-refractivity contribution is 14.1. The van der Waals surface area contributed by atoms with Gasteiger partial charge in [-0.1, -0.05) is 22.6 Å². The number of halogens is 1. The predicted molar refractivity (Wildman–Crippen MR) is 48.3 cm³/mol. The highest BCUT2D eigenvalue weighted by Gasteiger charge is 2.15. The van der Waals surface area contributed by atoms with Crippen LogP contribution in [0.1, 0.15) is 0 Å². The third kappa shape index (κ3) is 2.09. The summed E-state index contributed by atoms with van der Waals surface area (Å²) in [4.78, 5) is 13.0. The van der Waals surface area contributed by atoms with Crippen LogP contribution < -0.4 is 5.32 Å². The summed E-state index contributed by atoms with van der Waals surface area (Å²) in [6.07, 6.45) is 0. The number of hydrogen-bond donors (Lipinski definition) is 1. The second-order valence-corrected chi connectivity index (χ2v) is 3.33. The number of carbonyl (C=O) groups is 1. The number of nitrogens with one attached hydrogen (secondary N) is 1. The van der Waals surface area contributed by atoms with E-state index in [4.69, 9.17) is 0 Å². The van der Waals surface area contributed by atoms with Gasteiger partial charge in [0.25, 0.3) is 0 Å². The fourth-order valence-corrected chi connectivity index (χ4v) is 1.57. The van der Waals surface area contributed by atoms with Crippen LogP contribution in [0.25, 0.3) is 0 Å². The Morgan fingerprint density at radius 1 is 1.70 bits per heavy atom. The standard InChI is InChI=1S/C6H11IN2O/c7-1-3-9-4-2-8-5-6(9)10/h8H,1-5H2. The van der Waals surface area contributed by atoms with Gasteiger partial charge in [-0.05, 0) is 0 Å². The van der Waals surface area contributed by atoms with Crippen molar-refractivity contribution >= 4 is 28.5 Å². The largest absolute Gasteiger partial charge is 0.340 e. The minimum Gasteiger partial charge on any atom is -0.340 e. The van der Waals surface area contributed by atoms with E-state index < -0.39 is 0 Å². The maximum absolute atomic E-state index is 11.0. The van der Waals surface area contributed by atoms with E-state index in [-0.39, 0.29) is 5.91 Å². The van der Waals surface area contributed by atoms with Gasteiger partial charge in [-0.2, -0.15) is 0 Å². The van der Waals surface area contributed by atoms with E-state index in [0.717, 1.165) is 24.1 Å². The van der Waals surface area contributed by atoms with Crippen LogP contribution in [0.5, 0.6) is 0 Å². The molecule has 1 aliphatic heterocycles. The van der Waals surface area contributed by atoms with E-state index >= 15 is 0 Å². The van der Waals surface area contributed by atoms with Crippen molar-refractivity contribution in [3.8, 4) is 0 Å². The summed E-state index contributed by atoms with van der Waals surface area (Å²) in [5.74, 6) is 0.239. The number of piperazine rings is 1. The summed E-state index contributed by atoms with van der Waals surface area (Å²) in [6.45, 7) is 3.25. The van der Waals surface area contributed by atoms with Gasteiger partial charge in [0.05, 0.1) is 6.54 Å². The van der Waals surface area contributed by atoms with Gasteiger partial charge in [-0.25, -0.2) is 0 Å². The average molecular weight is 254 g/mol. The molecule has 0 atom stereocenters. The molecular formula is C6H11IN2O. The molecule has 1 rings (SSSR count). The normalized spacial score (nSPS) is 19.7. The van der Waals surface area contributed by atoms with Crippen molar-refractivity contribution in [2.75, 3.05) is 30.6 Å². The maximum Gasteiger partial charge on any atom is 0.236 e. The first kappa shape index (κ1) is 8.26. The summed E-state index contributed by atoms with van der Waals surface area (Å²) < 4.78 is 1.03. The minimum absolute atomic E-state index is 0.239. The van der Waals surface area contributed by atoms with Crippen molar-refractivity contribution in [2.45, 2.75) is 0 Å². The zero-order valence-electron chi connectivity index (χ0n) is 5.77. The van der Waals surface area contributed by atoms with Crippen LogP contribution in [0.3, 0.4) is 0 Å². The number of hydrogen-bond acceptors (Lipinski definition) is 2. The van der Waals surface area contributed by atoms with E-state index in [1.807, 2.05) is 4.90 Å². The molecule has 10 heavy (non-hydrogen) atoms. The number of rotatable bonds is 2. The molecule has 0 spiro atoms. The van der Waals surface area contributed by atoms with E-state index in [9.17, 15) is 4.79 Å². The lowest BCUT2D eigenvalue weighted by Gasteiger charge is -2.26. The fourth-order valence-electron chi connectivity index (χ4n) is 0.984. The molecule has 0 bridgehead atoms. The van der Waals surface area contributed by atoms with Crippen molar-refractivity contribution < 1.29 is 4.79 Å². The minimum atomic E-state index is 0.239. The molecule has 3 nitrogen and oxygen atoms in total. The van der Waals surface area contributed by atoms with Gasteiger partial charge in [-0.15, -0.1) is 0 Å². The molecule has 0 saturated carbocycles. The molecule has 1 N–H and O–H groups in total. The average Bonchev–Trinajstić information content (AvgIpc) is 1.94. The summed E-state index contributed by atoms with van der Waals surface area (Å²) >= 11 is 2.29. The Labute approximate surface area is 74.3 Å². The van der Waals surface area contributed by atoms with Crippen LogP contribution >= 0.6 is 22.6 Å². The number of carbonyl (C=O) groups excluding carboxylic acids is 1. The van der Waals surface area contributed by atoms with Crippen LogP contribution in [0.4, 0.5) is 0 Å². The molecule has 0 aromatic heterocycles. The van der Waals surface area contributed by atoms with Crippen molar-refractivity contribution in [1.29, 1.82) is 0 Å². The molecule has 1 amide bonds. The highest BCUT2D eigenvalue weighted by atomic mass is 127. The third-order valence-electron chi connectivity index (χ3n) is 1.54. The molecule has 0 radical (unpaired) electrons. The van der Waals surface area contributed by atoms with Crippen molar-refractivity contribution in [1.82, 2.24) is 10.2 Å². The molecule has 1 aliphatic rings. The molecule has 4 heteroatoms. The van der Waals surface area contributed by atoms with Crippen LogP contribution in [-0.4, -0.2) is 41.4 Å². The topological polar surface area (TPSA) is 32.3 Å². The summed E-state index contributed by atoms with van der Waals surface area (Å²) in [6, 6.07) is 0. The Kier molecular flexibility index (Phi) is 3.41. The van der Waals surface area contributed by atoms with Crippen molar-refractivity contribution in [3.05, 3.63) is 0 Å². The van der Waals surface area contributed by atoms with Crippen LogP contribution in [0.2, 0.25) is 0 Å². The lowest BCUT2D eigenvalue weighted by atomic mass is 10.3. The maximum atomic E-state index is 11.0. The second-order valence-electron chi connectivity index (χ2n) is 2.25. The van der Waals surface area contributed by atoms with E-state index in [0.29, 0.717) is 6.54 Å². The molecular weight excluding hydrogens is 243 g/mol. The SMILES string of the molecule is O=C1CNCCN1CCI. The Hall–Kier alpha value is 0.160. The molecule has 1 heterocycles. The number of nitrogens with zero attached hydrogens (tertiary/aromatic N) is 1. The lowest BCUT2D eigenvalue weighted by molar-refractivity contribution is -0.131. The Morgan fingerprint density at radius 2 is 2.50 bits per heavy atom. The summed E-state index contributed by atoms with van der Waals surface area (Å²) in [5, 5.41) is 3.03. The van der Waals surface area contributed by atoms with Crippen LogP contribution in [0, 0.1) is 0 Å². The van der Waals surface area contributed by atoms with E-state index in [1.165, 1.54) is 0 Å². The van der Waals surface area contributed by atoms with E-state index in [2.05, 4.69) is 27.9 Å². The quantitative estimate of drug-likeness (QED) is 0.549. The lowest BCUT2D eigenvalue weighted by Crippen LogP contribution is -2.48. The smallest absolute Gasteiger partial charge is 0.236 e. The number of amides is 1. The Bertz CT molecular complexity index is 127. The zero-order chi connectivity index (χ0) is 7.40. The van der Waals surface area contributed by atoms with Gasteiger partial charge in [0.1, 0.15) is 0 Å². The molecule has 1 fully saturated rings. The highest BCUT2D eigenvalue weighted by Crippen LogP contribution is 1.95. The molecule has 1 saturated heterocycles. The van der Waals surface area contributed by atoms with Crippen molar-refractivity contribution in [2.24, 2.45) is 0 Å². The Morgan fingerprint density at radius 3 is 3.10 bits per heavy atom. The predicted octanol–water partition coefficient (Wildman–Crippen LogP) is -0.147. The third-order valence-corrected chi connectivity index (χ3v) is 2.02. The number of alkyl halides is 1. The van der Waals surface area contributed by atoms with Gasteiger partial charge in [0.2, 0.25) is 5.91 Å². The van der Waals surface area contributed by atoms with Crippen LogP contribution in [0.15, 0.2) is 0 Å². The van der Waals surface area contributed by atoms with Gasteiger partial charge in [-0.3, -0.25) is 4.79 Å². The first-order valence-corrected chi connectivity index (χ1v) is 4.91. The van der Waals surface area contributed by atoms with Crippen molar-refractivity contribution in [3.63, 3.8) is 0 Å². The fraction of sp³-hybridized carbons (Fsp3) is 0.833. The Balaban J connectivity index is 2.32. The zero-order valence-corrected chi connectivity index (χ0v) is 7.93. The van der Waals surface area contributed by atoms with Gasteiger partial charge in [0.15, 0.2) is 0 Å². The first-order valence-electron chi connectivity index (χ1n) is 3.39. The van der Waals surface area contributed by atoms with Gasteiger partial charge >= 0.3 is 0 Å². The first-order chi connectivity index (χ1) is 4.84. The van der Waals surface area contributed by atoms with Gasteiger partial charge < -0.3 is 10.2 Å². The summed E-state index contributed by atoms with van der Waals surface area (Å²) in [7, 11) is 0. The van der Waals surface area contributed by atoms with Crippen LogP contribution in [-0.2, 0) is 4.79 Å².